The first-order valence-electron chi connectivity index (χ1n) is 10.5. The Morgan fingerprint density at radius 2 is 1.83 bits per heavy atom. The van der Waals surface area contributed by atoms with Gasteiger partial charge in [0.05, 0.1) is 5.69 Å². The number of aliphatic imine (C=N–C) groups is 1. The second kappa shape index (κ2) is 8.58. The van der Waals surface area contributed by atoms with Crippen LogP contribution in [0, 0.1) is 6.92 Å². The third-order valence-corrected chi connectivity index (χ3v) is 6.32. The Bertz CT molecular complexity index is 906. The molecule has 1 saturated carbocycles. The minimum Gasteiger partial charge on any atom is -0.342 e. The first-order chi connectivity index (χ1) is 14.0. The van der Waals surface area contributed by atoms with Gasteiger partial charge in [0.15, 0.2) is 0 Å². The van der Waals surface area contributed by atoms with Crippen LogP contribution < -0.4 is 4.90 Å². The molecule has 0 bridgehead atoms. The van der Waals surface area contributed by atoms with Crippen molar-refractivity contribution >= 4 is 29.2 Å². The van der Waals surface area contributed by atoms with Crippen LogP contribution in [0.25, 0.3) is 0 Å². The number of anilines is 1. The lowest BCUT2D eigenvalue weighted by Gasteiger charge is -2.35. The van der Waals surface area contributed by atoms with Gasteiger partial charge < -0.3 is 4.90 Å². The minimum absolute atomic E-state index is 0.0388. The van der Waals surface area contributed by atoms with Crippen molar-refractivity contribution in [1.82, 2.24) is 4.90 Å². The monoisotopic (exact) mass is 409 g/mol. The number of benzene rings is 2. The average molecular weight is 410 g/mol. The molecule has 152 valence electrons. The maximum atomic E-state index is 13.5. The summed E-state index contributed by atoms with van der Waals surface area (Å²) in [6, 6.07) is 15.9. The van der Waals surface area contributed by atoms with Crippen LogP contribution in [0.1, 0.15) is 43.2 Å². The normalized spacial score (nSPS) is 20.1. The largest absolute Gasteiger partial charge is 0.342 e. The van der Waals surface area contributed by atoms with Crippen molar-refractivity contribution in [3.63, 3.8) is 0 Å². The molecule has 29 heavy (non-hydrogen) atoms. The standard InChI is InChI=1S/C24H28ClN3O/c1-17-15-19(25)13-14-22(17)28-23(29)21(16-18-9-5-3-6-10-18)26-24(28)27(2)20-11-7-4-8-12-20/h3,5-6,9-10,13-15,20-21H,4,7-8,11-12,16H2,1-2H3. The van der Waals surface area contributed by atoms with Crippen molar-refractivity contribution in [3.05, 3.63) is 64.7 Å². The molecule has 1 aliphatic carbocycles. The predicted molar refractivity (Wildman–Crippen MR) is 120 cm³/mol. The van der Waals surface area contributed by atoms with Gasteiger partial charge in [-0.1, -0.05) is 61.2 Å². The van der Waals surface area contributed by atoms with Crippen molar-refractivity contribution in [1.29, 1.82) is 0 Å². The second-order valence-electron chi connectivity index (χ2n) is 8.14. The number of aryl methyl sites for hydroxylation is 1. The molecular formula is C24H28ClN3O. The molecule has 1 atom stereocenters. The van der Waals surface area contributed by atoms with Crippen LogP contribution in [-0.4, -0.2) is 35.9 Å². The quantitative estimate of drug-likeness (QED) is 0.693. The Hall–Kier alpha value is -2.33. The molecule has 1 unspecified atom stereocenters. The molecule has 5 heteroatoms. The fraction of sp³-hybridized carbons (Fsp3) is 0.417. The fourth-order valence-electron chi connectivity index (χ4n) is 4.45. The SMILES string of the molecule is Cc1cc(Cl)ccc1N1C(=O)C(Cc2ccccc2)N=C1N(C)C1CCCCC1. The first-order valence-corrected chi connectivity index (χ1v) is 10.9. The molecule has 0 N–H and O–H groups in total. The van der Waals surface area contributed by atoms with E-state index < -0.39 is 6.04 Å². The van der Waals surface area contributed by atoms with Crippen molar-refractivity contribution in [2.75, 3.05) is 11.9 Å². The minimum atomic E-state index is -0.395. The third kappa shape index (κ3) is 4.18. The summed E-state index contributed by atoms with van der Waals surface area (Å²) < 4.78 is 0. The van der Waals surface area contributed by atoms with E-state index in [9.17, 15) is 4.79 Å². The molecule has 2 aliphatic rings. The molecule has 1 heterocycles. The van der Waals surface area contributed by atoms with Gasteiger partial charge in [-0.2, -0.15) is 0 Å². The summed E-state index contributed by atoms with van der Waals surface area (Å²) in [6.07, 6.45) is 6.70. The summed E-state index contributed by atoms with van der Waals surface area (Å²) in [6.45, 7) is 2.00. The smallest absolute Gasteiger partial charge is 0.259 e. The molecule has 1 fully saturated rings. The molecule has 0 aromatic heterocycles. The molecule has 0 radical (unpaired) electrons. The Morgan fingerprint density at radius 1 is 1.10 bits per heavy atom. The molecule has 0 spiro atoms. The maximum Gasteiger partial charge on any atom is 0.259 e. The summed E-state index contributed by atoms with van der Waals surface area (Å²) in [5.41, 5.74) is 2.98. The van der Waals surface area contributed by atoms with Crippen LogP contribution in [0.3, 0.4) is 0 Å². The van der Waals surface area contributed by atoms with Crippen LogP contribution >= 0.6 is 11.6 Å². The Kier molecular flexibility index (Phi) is 5.91. The third-order valence-electron chi connectivity index (χ3n) is 6.09. The van der Waals surface area contributed by atoms with E-state index in [1.165, 1.54) is 19.3 Å². The van der Waals surface area contributed by atoms with Gasteiger partial charge in [0.25, 0.3) is 5.91 Å². The first kappa shape index (κ1) is 20.0. The lowest BCUT2D eigenvalue weighted by Crippen LogP contribution is -2.48. The highest BCUT2D eigenvalue weighted by molar-refractivity contribution is 6.31. The number of rotatable bonds is 4. The average Bonchev–Trinajstić information content (AvgIpc) is 3.05. The summed E-state index contributed by atoms with van der Waals surface area (Å²) in [4.78, 5) is 22.5. The molecule has 2 aromatic rings. The van der Waals surface area contributed by atoms with Crippen LogP contribution in [-0.2, 0) is 11.2 Å². The molecule has 2 aromatic carbocycles. The van der Waals surface area contributed by atoms with Gasteiger partial charge in [-0.05, 0) is 49.1 Å². The van der Waals surface area contributed by atoms with E-state index in [1.54, 1.807) is 0 Å². The number of guanidine groups is 1. The lowest BCUT2D eigenvalue weighted by atomic mass is 9.94. The van der Waals surface area contributed by atoms with Gasteiger partial charge in [-0.25, -0.2) is 9.89 Å². The number of carbonyl (C=O) groups is 1. The van der Waals surface area contributed by atoms with Crippen LogP contribution in [0.2, 0.25) is 5.02 Å². The van der Waals surface area contributed by atoms with Crippen molar-refractivity contribution in [3.8, 4) is 0 Å². The van der Waals surface area contributed by atoms with Crippen LogP contribution in [0.15, 0.2) is 53.5 Å². The Labute approximate surface area is 178 Å². The van der Waals surface area contributed by atoms with Crippen molar-refractivity contribution < 1.29 is 4.79 Å². The zero-order valence-corrected chi connectivity index (χ0v) is 17.9. The van der Waals surface area contributed by atoms with E-state index in [2.05, 4.69) is 24.1 Å². The molecule has 1 aliphatic heterocycles. The summed E-state index contributed by atoms with van der Waals surface area (Å²) in [5.74, 6) is 0.810. The molecule has 0 saturated heterocycles. The van der Waals surface area contributed by atoms with E-state index in [0.717, 1.165) is 35.6 Å². The summed E-state index contributed by atoms with van der Waals surface area (Å²) in [5, 5.41) is 0.679. The van der Waals surface area contributed by atoms with Gasteiger partial charge in [0.2, 0.25) is 5.96 Å². The number of nitrogens with zero attached hydrogens (tertiary/aromatic N) is 3. The number of carbonyl (C=O) groups excluding carboxylic acids is 1. The van der Waals surface area contributed by atoms with Gasteiger partial charge in [0, 0.05) is 24.5 Å². The van der Waals surface area contributed by atoms with E-state index in [0.29, 0.717) is 17.5 Å². The second-order valence-corrected chi connectivity index (χ2v) is 8.58. The maximum absolute atomic E-state index is 13.5. The number of hydrogen-bond acceptors (Lipinski definition) is 3. The highest BCUT2D eigenvalue weighted by Crippen LogP contribution is 2.31. The highest BCUT2D eigenvalue weighted by Gasteiger charge is 2.39. The van der Waals surface area contributed by atoms with Gasteiger partial charge in [-0.3, -0.25) is 4.79 Å². The number of hydrogen-bond donors (Lipinski definition) is 0. The number of amides is 1. The summed E-state index contributed by atoms with van der Waals surface area (Å²) in [7, 11) is 2.09. The predicted octanol–water partition coefficient (Wildman–Crippen LogP) is 5.23. The fourth-order valence-corrected chi connectivity index (χ4v) is 4.67. The van der Waals surface area contributed by atoms with Gasteiger partial charge in [0.1, 0.15) is 6.04 Å². The van der Waals surface area contributed by atoms with Crippen molar-refractivity contribution in [2.45, 2.75) is 57.5 Å². The molecular weight excluding hydrogens is 382 g/mol. The topological polar surface area (TPSA) is 35.9 Å². The van der Waals surface area contributed by atoms with Crippen LogP contribution in [0.4, 0.5) is 5.69 Å². The van der Waals surface area contributed by atoms with Gasteiger partial charge in [-0.15, -0.1) is 0 Å². The van der Waals surface area contributed by atoms with E-state index >= 15 is 0 Å². The van der Waals surface area contributed by atoms with Gasteiger partial charge >= 0.3 is 0 Å². The van der Waals surface area contributed by atoms with E-state index in [4.69, 9.17) is 16.6 Å². The lowest BCUT2D eigenvalue weighted by molar-refractivity contribution is -0.118. The molecule has 4 nitrogen and oxygen atoms in total. The van der Waals surface area contributed by atoms with Crippen molar-refractivity contribution in [2.24, 2.45) is 4.99 Å². The zero-order chi connectivity index (χ0) is 20.4. The van der Waals surface area contributed by atoms with Crippen LogP contribution in [0.5, 0.6) is 0 Å². The molecule has 4 rings (SSSR count). The zero-order valence-electron chi connectivity index (χ0n) is 17.1. The summed E-state index contributed by atoms with van der Waals surface area (Å²) >= 11 is 6.17. The Morgan fingerprint density at radius 3 is 2.52 bits per heavy atom. The van der Waals surface area contributed by atoms with E-state index in [-0.39, 0.29) is 5.91 Å². The number of halogens is 1. The highest BCUT2D eigenvalue weighted by atomic mass is 35.5. The molecule has 1 amide bonds. The Balaban J connectivity index is 1.68. The van der Waals surface area contributed by atoms with E-state index in [1.807, 2.05) is 48.2 Å².